The van der Waals surface area contributed by atoms with Crippen LogP contribution < -0.4 is 16.4 Å². The van der Waals surface area contributed by atoms with Gasteiger partial charge in [0.15, 0.2) is 0 Å². The number of amides is 2. The molecule has 7 heteroatoms. The summed E-state index contributed by atoms with van der Waals surface area (Å²) in [7, 11) is 1.51. The first-order valence-electron chi connectivity index (χ1n) is 4.74. The lowest BCUT2D eigenvalue weighted by Crippen LogP contribution is -2.35. The van der Waals surface area contributed by atoms with Crippen LogP contribution in [0.3, 0.4) is 0 Å². The van der Waals surface area contributed by atoms with Crippen LogP contribution in [0.15, 0.2) is 5.38 Å². The quantitative estimate of drug-likeness (QED) is 0.671. The van der Waals surface area contributed by atoms with E-state index >= 15 is 0 Å². The predicted octanol–water partition coefficient (Wildman–Crippen LogP) is -0.361. The summed E-state index contributed by atoms with van der Waals surface area (Å²) < 4.78 is 0. The molecule has 0 fully saturated rings. The summed E-state index contributed by atoms with van der Waals surface area (Å²) in [6.45, 7) is 1.74. The van der Waals surface area contributed by atoms with Gasteiger partial charge in [0.2, 0.25) is 5.91 Å². The lowest BCUT2D eigenvalue weighted by molar-refractivity contribution is -0.119. The molecule has 0 aliphatic rings. The van der Waals surface area contributed by atoms with E-state index in [1.165, 1.54) is 18.4 Å². The van der Waals surface area contributed by atoms with Crippen molar-refractivity contribution in [2.75, 3.05) is 13.6 Å². The fourth-order valence-corrected chi connectivity index (χ4v) is 1.70. The Morgan fingerprint density at radius 1 is 1.62 bits per heavy atom. The van der Waals surface area contributed by atoms with Crippen molar-refractivity contribution in [2.45, 2.75) is 13.0 Å². The molecule has 0 aliphatic carbocycles. The Morgan fingerprint density at radius 3 is 2.81 bits per heavy atom. The van der Waals surface area contributed by atoms with Crippen molar-refractivity contribution in [1.29, 1.82) is 0 Å². The average molecular weight is 242 g/mol. The van der Waals surface area contributed by atoms with Gasteiger partial charge in [-0.05, 0) is 6.92 Å². The van der Waals surface area contributed by atoms with Crippen LogP contribution in [0.4, 0.5) is 0 Å². The molecule has 88 valence electrons. The molecule has 16 heavy (non-hydrogen) atoms. The maximum atomic E-state index is 11.5. The van der Waals surface area contributed by atoms with E-state index in [0.29, 0.717) is 10.7 Å². The standard InChI is InChI=1S/C9H14N4O2S/c1-5(10)9-13-6(4-16-9)8(15)12-3-7(14)11-2/h4-5H,3,10H2,1-2H3,(H,11,14)(H,12,15). The number of carbonyl (C=O) groups excluding carboxylic acids is 2. The maximum Gasteiger partial charge on any atom is 0.271 e. The van der Waals surface area contributed by atoms with Crippen molar-refractivity contribution >= 4 is 23.2 Å². The largest absolute Gasteiger partial charge is 0.358 e. The van der Waals surface area contributed by atoms with Crippen LogP contribution in [0.5, 0.6) is 0 Å². The third kappa shape index (κ3) is 3.28. The van der Waals surface area contributed by atoms with E-state index in [1.54, 1.807) is 12.3 Å². The molecule has 0 bridgehead atoms. The Bertz CT molecular complexity index is 389. The zero-order valence-electron chi connectivity index (χ0n) is 9.11. The minimum atomic E-state index is -0.369. The van der Waals surface area contributed by atoms with Crippen LogP contribution in [0.1, 0.15) is 28.5 Å². The van der Waals surface area contributed by atoms with Crippen LogP contribution in [0, 0.1) is 0 Å². The number of nitrogens with two attached hydrogens (primary N) is 1. The van der Waals surface area contributed by atoms with Crippen molar-refractivity contribution in [3.63, 3.8) is 0 Å². The lowest BCUT2D eigenvalue weighted by atomic mass is 10.4. The molecule has 1 aromatic rings. The average Bonchev–Trinajstić information content (AvgIpc) is 2.74. The molecule has 0 saturated heterocycles. The Kier molecular flexibility index (Phi) is 4.39. The molecule has 0 spiro atoms. The Hall–Kier alpha value is -1.47. The molecule has 4 N–H and O–H groups in total. The number of rotatable bonds is 4. The zero-order valence-corrected chi connectivity index (χ0v) is 9.93. The SMILES string of the molecule is CNC(=O)CNC(=O)c1csc(C(C)N)n1. The Labute approximate surface area is 97.2 Å². The van der Waals surface area contributed by atoms with E-state index in [4.69, 9.17) is 5.73 Å². The van der Waals surface area contributed by atoms with Crippen LogP contribution in [-0.2, 0) is 4.79 Å². The molecule has 1 aromatic heterocycles. The second kappa shape index (κ2) is 5.57. The molecule has 1 rings (SSSR count). The van der Waals surface area contributed by atoms with Crippen LogP contribution in [0.25, 0.3) is 0 Å². The smallest absolute Gasteiger partial charge is 0.271 e. The molecule has 0 aliphatic heterocycles. The number of hydrogen-bond donors (Lipinski definition) is 3. The minimum Gasteiger partial charge on any atom is -0.358 e. The fraction of sp³-hybridized carbons (Fsp3) is 0.444. The summed E-state index contributed by atoms with van der Waals surface area (Å²) in [6, 6.07) is -0.189. The summed E-state index contributed by atoms with van der Waals surface area (Å²) in [5.74, 6) is -0.622. The third-order valence-corrected chi connectivity index (χ3v) is 2.88. The Morgan fingerprint density at radius 2 is 2.31 bits per heavy atom. The van der Waals surface area contributed by atoms with Crippen molar-refractivity contribution < 1.29 is 9.59 Å². The van der Waals surface area contributed by atoms with Gasteiger partial charge in [-0.25, -0.2) is 4.98 Å². The van der Waals surface area contributed by atoms with Gasteiger partial charge in [-0.2, -0.15) is 0 Å². The van der Waals surface area contributed by atoms with Gasteiger partial charge in [0.05, 0.1) is 12.6 Å². The summed E-state index contributed by atoms with van der Waals surface area (Å²) in [5, 5.41) is 7.18. The molecule has 6 nitrogen and oxygen atoms in total. The van der Waals surface area contributed by atoms with Gasteiger partial charge in [0.25, 0.3) is 5.91 Å². The van der Waals surface area contributed by atoms with Gasteiger partial charge in [0, 0.05) is 12.4 Å². The van der Waals surface area contributed by atoms with E-state index < -0.39 is 0 Å². The van der Waals surface area contributed by atoms with Gasteiger partial charge in [-0.15, -0.1) is 11.3 Å². The number of likely N-dealkylation sites (N-methyl/N-ethyl adjacent to an activating group) is 1. The topological polar surface area (TPSA) is 97.1 Å². The maximum absolute atomic E-state index is 11.5. The van der Waals surface area contributed by atoms with E-state index in [1.807, 2.05) is 0 Å². The highest BCUT2D eigenvalue weighted by molar-refractivity contribution is 7.09. The molecule has 0 aromatic carbocycles. The normalized spacial score (nSPS) is 11.9. The fourth-order valence-electron chi connectivity index (χ4n) is 0.941. The van der Waals surface area contributed by atoms with Gasteiger partial charge < -0.3 is 16.4 Å². The Balaban J connectivity index is 2.56. The minimum absolute atomic E-state index is 0.0552. The molecule has 1 unspecified atom stereocenters. The molecule has 1 atom stereocenters. The van der Waals surface area contributed by atoms with Crippen molar-refractivity contribution in [3.8, 4) is 0 Å². The van der Waals surface area contributed by atoms with Gasteiger partial charge in [0.1, 0.15) is 10.7 Å². The molecular formula is C9H14N4O2S. The number of thiazole rings is 1. The third-order valence-electron chi connectivity index (χ3n) is 1.83. The van der Waals surface area contributed by atoms with Gasteiger partial charge >= 0.3 is 0 Å². The highest BCUT2D eigenvalue weighted by atomic mass is 32.1. The number of nitrogens with zero attached hydrogens (tertiary/aromatic N) is 1. The number of carbonyl (C=O) groups is 2. The zero-order chi connectivity index (χ0) is 12.1. The summed E-state index contributed by atoms with van der Waals surface area (Å²) in [6.07, 6.45) is 0. The van der Waals surface area contributed by atoms with E-state index in [-0.39, 0.29) is 24.4 Å². The van der Waals surface area contributed by atoms with Crippen molar-refractivity contribution in [2.24, 2.45) is 5.73 Å². The predicted molar refractivity (Wildman–Crippen MR) is 61.1 cm³/mol. The number of aromatic nitrogens is 1. The first kappa shape index (κ1) is 12.6. The van der Waals surface area contributed by atoms with Crippen LogP contribution in [-0.4, -0.2) is 30.4 Å². The second-order valence-corrected chi connectivity index (χ2v) is 4.11. The molecule has 0 radical (unpaired) electrons. The highest BCUT2D eigenvalue weighted by Crippen LogP contribution is 2.15. The second-order valence-electron chi connectivity index (χ2n) is 3.22. The van der Waals surface area contributed by atoms with Crippen molar-refractivity contribution in [3.05, 3.63) is 16.1 Å². The lowest BCUT2D eigenvalue weighted by Gasteiger charge is -2.01. The van der Waals surface area contributed by atoms with Gasteiger partial charge in [-0.1, -0.05) is 0 Å². The summed E-state index contributed by atoms with van der Waals surface area (Å²) in [5.41, 5.74) is 5.92. The number of hydrogen-bond acceptors (Lipinski definition) is 5. The van der Waals surface area contributed by atoms with E-state index in [2.05, 4.69) is 15.6 Å². The van der Waals surface area contributed by atoms with Crippen molar-refractivity contribution in [1.82, 2.24) is 15.6 Å². The van der Waals surface area contributed by atoms with Crippen LogP contribution in [0.2, 0.25) is 0 Å². The molecule has 0 saturated carbocycles. The molecule has 1 heterocycles. The highest BCUT2D eigenvalue weighted by Gasteiger charge is 2.12. The number of nitrogens with one attached hydrogen (secondary N) is 2. The van der Waals surface area contributed by atoms with E-state index in [0.717, 1.165) is 0 Å². The molecular weight excluding hydrogens is 228 g/mol. The monoisotopic (exact) mass is 242 g/mol. The van der Waals surface area contributed by atoms with Crippen LogP contribution >= 0.6 is 11.3 Å². The molecule has 2 amide bonds. The first-order chi connectivity index (χ1) is 7.54. The van der Waals surface area contributed by atoms with Gasteiger partial charge in [-0.3, -0.25) is 9.59 Å². The first-order valence-corrected chi connectivity index (χ1v) is 5.62. The van der Waals surface area contributed by atoms with E-state index in [9.17, 15) is 9.59 Å². The summed E-state index contributed by atoms with van der Waals surface area (Å²) >= 11 is 1.33. The summed E-state index contributed by atoms with van der Waals surface area (Å²) in [4.78, 5) is 26.5.